The second-order valence-electron chi connectivity index (χ2n) is 9.34. The number of nitrogens with zero attached hydrogens (tertiary/aromatic N) is 4. The van der Waals surface area contributed by atoms with Gasteiger partial charge in [0, 0.05) is 36.0 Å². The molecular formula is C31H33N5O5S. The number of carbonyl (C=O) groups excluding carboxylic acids is 2. The van der Waals surface area contributed by atoms with Gasteiger partial charge >= 0.3 is 0 Å². The van der Waals surface area contributed by atoms with E-state index in [1.54, 1.807) is 68.0 Å². The van der Waals surface area contributed by atoms with Crippen LogP contribution in [0.3, 0.4) is 0 Å². The number of hydrogen-bond donors (Lipinski definition) is 1. The number of thioether (sulfide) groups is 1. The van der Waals surface area contributed by atoms with Crippen molar-refractivity contribution in [1.29, 1.82) is 0 Å². The summed E-state index contributed by atoms with van der Waals surface area (Å²) >= 11 is 1.22. The molecule has 0 fully saturated rings. The number of carbonyl (C=O) groups is 2. The minimum Gasteiger partial charge on any atom is -0.497 e. The molecule has 1 N–H and O–H groups in total. The predicted octanol–water partition coefficient (Wildman–Crippen LogP) is 5.02. The summed E-state index contributed by atoms with van der Waals surface area (Å²) in [7, 11) is 4.63. The highest BCUT2D eigenvalue weighted by Crippen LogP contribution is 2.34. The van der Waals surface area contributed by atoms with Gasteiger partial charge in [-0.15, -0.1) is 0 Å². The van der Waals surface area contributed by atoms with Gasteiger partial charge in [0.05, 0.1) is 27.1 Å². The smallest absolute Gasteiger partial charge is 0.251 e. The summed E-state index contributed by atoms with van der Waals surface area (Å²) in [5, 5.41) is 3.45. The van der Waals surface area contributed by atoms with Gasteiger partial charge in [-0.3, -0.25) is 14.6 Å². The Balaban J connectivity index is 1.74. The van der Waals surface area contributed by atoms with E-state index in [0.717, 1.165) is 17.0 Å². The van der Waals surface area contributed by atoms with Crippen LogP contribution >= 0.6 is 11.8 Å². The number of ether oxygens (including phenoxy) is 3. The largest absolute Gasteiger partial charge is 0.497 e. The standard InChI is InChI=1S/C31H33N5O5S/c1-20-15-21(2)34-31(33-20)42-19-28(37)36(18-22-7-6-14-32-17-22)29(23-8-13-26(40-4)27(16-23)41-5)30(38)35-24-9-11-25(39-3)12-10-24/h6-17,29H,18-19H2,1-5H3,(H,35,38)/t29-/m1/s1. The van der Waals surface area contributed by atoms with Crippen LogP contribution in [0.5, 0.6) is 17.2 Å². The Morgan fingerprint density at radius 3 is 2.24 bits per heavy atom. The zero-order valence-electron chi connectivity index (χ0n) is 24.2. The third-order valence-corrected chi connectivity index (χ3v) is 7.16. The predicted molar refractivity (Wildman–Crippen MR) is 161 cm³/mol. The lowest BCUT2D eigenvalue weighted by Crippen LogP contribution is -2.42. The lowest BCUT2D eigenvalue weighted by molar-refractivity contribution is -0.137. The molecule has 0 radical (unpaired) electrons. The highest BCUT2D eigenvalue weighted by molar-refractivity contribution is 7.99. The van der Waals surface area contributed by atoms with Crippen LogP contribution < -0.4 is 19.5 Å². The summed E-state index contributed by atoms with van der Waals surface area (Å²) in [4.78, 5) is 42.7. The van der Waals surface area contributed by atoms with Gasteiger partial charge in [0.15, 0.2) is 16.7 Å². The van der Waals surface area contributed by atoms with Crippen LogP contribution in [-0.2, 0) is 16.1 Å². The first-order valence-corrected chi connectivity index (χ1v) is 14.1. The summed E-state index contributed by atoms with van der Waals surface area (Å²) in [5.41, 5.74) is 3.49. The van der Waals surface area contributed by atoms with Crippen LogP contribution in [0.2, 0.25) is 0 Å². The average Bonchev–Trinajstić information content (AvgIpc) is 2.99. The summed E-state index contributed by atoms with van der Waals surface area (Å²) in [6, 6.07) is 16.7. The topological polar surface area (TPSA) is 116 Å². The molecule has 0 unspecified atom stereocenters. The van der Waals surface area contributed by atoms with Gasteiger partial charge in [0.25, 0.3) is 5.91 Å². The number of anilines is 1. The van der Waals surface area contributed by atoms with Gasteiger partial charge < -0.3 is 24.4 Å². The minimum absolute atomic E-state index is 0.0166. The van der Waals surface area contributed by atoms with Crippen molar-refractivity contribution in [1.82, 2.24) is 19.9 Å². The van der Waals surface area contributed by atoms with Crippen LogP contribution in [-0.4, -0.2) is 58.7 Å². The van der Waals surface area contributed by atoms with E-state index >= 15 is 0 Å². The van der Waals surface area contributed by atoms with Crippen LogP contribution in [0.25, 0.3) is 0 Å². The van der Waals surface area contributed by atoms with Crippen LogP contribution in [0.4, 0.5) is 5.69 Å². The number of benzene rings is 2. The maximum Gasteiger partial charge on any atom is 0.251 e. The highest BCUT2D eigenvalue weighted by atomic mass is 32.2. The fraction of sp³-hybridized carbons (Fsp3) is 0.258. The van der Waals surface area contributed by atoms with Crippen molar-refractivity contribution in [2.24, 2.45) is 0 Å². The molecule has 0 aliphatic carbocycles. The number of methoxy groups -OCH3 is 3. The van der Waals surface area contributed by atoms with E-state index in [1.165, 1.54) is 30.9 Å². The molecule has 42 heavy (non-hydrogen) atoms. The number of aromatic nitrogens is 3. The van der Waals surface area contributed by atoms with E-state index in [1.807, 2.05) is 26.0 Å². The monoisotopic (exact) mass is 587 g/mol. The molecule has 10 nitrogen and oxygen atoms in total. The third-order valence-electron chi connectivity index (χ3n) is 6.32. The van der Waals surface area contributed by atoms with E-state index in [2.05, 4.69) is 20.3 Å². The van der Waals surface area contributed by atoms with Gasteiger partial charge in [-0.05, 0) is 73.5 Å². The van der Waals surface area contributed by atoms with Crippen molar-refractivity contribution in [3.8, 4) is 17.2 Å². The number of nitrogens with one attached hydrogen (secondary N) is 1. The van der Waals surface area contributed by atoms with Crippen LogP contribution in [0.1, 0.15) is 28.6 Å². The van der Waals surface area contributed by atoms with Gasteiger partial charge in [-0.1, -0.05) is 23.9 Å². The van der Waals surface area contributed by atoms with Gasteiger partial charge in [-0.2, -0.15) is 0 Å². The van der Waals surface area contributed by atoms with Crippen molar-refractivity contribution in [2.75, 3.05) is 32.4 Å². The van der Waals surface area contributed by atoms with E-state index in [-0.39, 0.29) is 18.2 Å². The molecule has 0 bridgehead atoms. The summed E-state index contributed by atoms with van der Waals surface area (Å²) < 4.78 is 16.2. The first-order chi connectivity index (χ1) is 20.3. The minimum atomic E-state index is -1.03. The molecule has 4 rings (SSSR count). The Kier molecular flexibility index (Phi) is 10.3. The second kappa shape index (κ2) is 14.3. The average molecular weight is 588 g/mol. The second-order valence-corrected chi connectivity index (χ2v) is 10.3. The Hall–Kier alpha value is -4.64. The fourth-order valence-corrected chi connectivity index (χ4v) is 5.20. The molecule has 0 saturated heterocycles. The maximum atomic E-state index is 14.1. The fourth-order valence-electron chi connectivity index (χ4n) is 4.36. The maximum absolute atomic E-state index is 14.1. The number of pyridine rings is 1. The van der Waals surface area contributed by atoms with Gasteiger partial charge in [-0.25, -0.2) is 9.97 Å². The molecule has 4 aromatic rings. The lowest BCUT2D eigenvalue weighted by atomic mass is 10.0. The molecule has 0 aliphatic rings. The highest BCUT2D eigenvalue weighted by Gasteiger charge is 2.33. The summed E-state index contributed by atoms with van der Waals surface area (Å²) in [5.74, 6) is 0.923. The Morgan fingerprint density at radius 2 is 1.62 bits per heavy atom. The molecule has 2 aromatic carbocycles. The molecule has 2 heterocycles. The van der Waals surface area contributed by atoms with Gasteiger partial charge in [0.1, 0.15) is 11.8 Å². The first kappa shape index (κ1) is 30.3. The number of rotatable bonds is 12. The quantitative estimate of drug-likeness (QED) is 0.180. The van der Waals surface area contributed by atoms with E-state index in [9.17, 15) is 9.59 Å². The van der Waals surface area contributed by atoms with Crippen molar-refractivity contribution < 1.29 is 23.8 Å². The lowest BCUT2D eigenvalue weighted by Gasteiger charge is -2.32. The van der Waals surface area contributed by atoms with E-state index in [0.29, 0.717) is 33.7 Å². The molecule has 0 spiro atoms. The summed E-state index contributed by atoms with van der Waals surface area (Å²) in [6.07, 6.45) is 3.33. The number of amides is 2. The van der Waals surface area contributed by atoms with Crippen molar-refractivity contribution in [2.45, 2.75) is 31.6 Å². The Bertz CT molecular complexity index is 1500. The molecule has 0 saturated carbocycles. The molecule has 11 heteroatoms. The Morgan fingerprint density at radius 1 is 0.905 bits per heavy atom. The summed E-state index contributed by atoms with van der Waals surface area (Å²) in [6.45, 7) is 3.90. The number of aryl methyl sites for hydroxylation is 2. The van der Waals surface area contributed by atoms with Crippen LogP contribution in [0.15, 0.2) is 78.2 Å². The van der Waals surface area contributed by atoms with Crippen molar-refractivity contribution >= 4 is 29.3 Å². The van der Waals surface area contributed by atoms with Gasteiger partial charge in [0.2, 0.25) is 5.91 Å². The zero-order valence-corrected chi connectivity index (χ0v) is 25.0. The number of hydrogen-bond acceptors (Lipinski definition) is 9. The SMILES string of the molecule is COc1ccc(NC(=O)[C@@H](c2ccc(OC)c(OC)c2)N(Cc2cccnc2)C(=O)CSc2nc(C)cc(C)n2)cc1. The Labute approximate surface area is 249 Å². The third kappa shape index (κ3) is 7.76. The van der Waals surface area contributed by atoms with Crippen molar-refractivity contribution in [3.05, 3.63) is 95.6 Å². The molecule has 218 valence electrons. The van der Waals surface area contributed by atoms with Crippen molar-refractivity contribution in [3.63, 3.8) is 0 Å². The normalized spacial score (nSPS) is 11.4. The van der Waals surface area contributed by atoms with Crippen LogP contribution in [0, 0.1) is 13.8 Å². The molecule has 2 aromatic heterocycles. The molecular weight excluding hydrogens is 554 g/mol. The molecule has 1 atom stereocenters. The molecule has 0 aliphatic heterocycles. The molecule has 2 amide bonds. The zero-order chi connectivity index (χ0) is 30.1. The van der Waals surface area contributed by atoms with E-state index < -0.39 is 11.9 Å². The van der Waals surface area contributed by atoms with E-state index in [4.69, 9.17) is 14.2 Å². The first-order valence-electron chi connectivity index (χ1n) is 13.1.